The van der Waals surface area contributed by atoms with Gasteiger partial charge < -0.3 is 9.64 Å². The van der Waals surface area contributed by atoms with Gasteiger partial charge in [0.05, 0.1) is 13.2 Å². The lowest BCUT2D eigenvalue weighted by Crippen LogP contribution is -2.45. The van der Waals surface area contributed by atoms with Gasteiger partial charge in [-0.2, -0.15) is 0 Å². The van der Waals surface area contributed by atoms with Crippen LogP contribution < -0.4 is 4.74 Å². The fourth-order valence-corrected chi connectivity index (χ4v) is 4.59. The summed E-state index contributed by atoms with van der Waals surface area (Å²) in [5.41, 5.74) is 2.85. The third kappa shape index (κ3) is 4.30. The van der Waals surface area contributed by atoms with Crippen molar-refractivity contribution in [2.75, 3.05) is 26.7 Å². The van der Waals surface area contributed by atoms with Crippen molar-refractivity contribution in [2.24, 2.45) is 0 Å². The fraction of sp³-hybridized carbons (Fsp3) is 0.458. The van der Waals surface area contributed by atoms with Crippen molar-refractivity contribution in [3.05, 3.63) is 65.0 Å². The summed E-state index contributed by atoms with van der Waals surface area (Å²) in [6.45, 7) is 4.89. The molecular weight excluding hydrogens is 367 g/mol. The molecular formula is C24H29FN2O2. The van der Waals surface area contributed by atoms with E-state index < -0.39 is 0 Å². The average Bonchev–Trinajstić information content (AvgIpc) is 3.11. The summed E-state index contributed by atoms with van der Waals surface area (Å²) in [5, 5.41) is 0. The maximum Gasteiger partial charge on any atom is 0.240 e. The van der Waals surface area contributed by atoms with Gasteiger partial charge in [-0.05, 0) is 80.1 Å². The van der Waals surface area contributed by atoms with Crippen molar-refractivity contribution >= 4 is 5.91 Å². The van der Waals surface area contributed by atoms with E-state index in [1.54, 1.807) is 26.2 Å². The highest BCUT2D eigenvalue weighted by atomic mass is 19.1. The van der Waals surface area contributed by atoms with Crippen molar-refractivity contribution in [2.45, 2.75) is 44.7 Å². The van der Waals surface area contributed by atoms with Crippen LogP contribution in [-0.2, 0) is 11.3 Å². The van der Waals surface area contributed by atoms with Gasteiger partial charge in [0.15, 0.2) is 0 Å². The Balaban J connectivity index is 1.33. The lowest BCUT2D eigenvalue weighted by atomic mass is 9.89. The number of rotatable bonds is 5. The van der Waals surface area contributed by atoms with Gasteiger partial charge in [-0.3, -0.25) is 9.69 Å². The minimum atomic E-state index is -0.202. The van der Waals surface area contributed by atoms with E-state index in [4.69, 9.17) is 4.74 Å². The molecule has 0 bridgehead atoms. The second-order valence-electron chi connectivity index (χ2n) is 8.23. The van der Waals surface area contributed by atoms with Crippen LogP contribution in [0.4, 0.5) is 4.39 Å². The second-order valence-corrected chi connectivity index (χ2v) is 8.23. The maximum atomic E-state index is 13.8. The molecule has 29 heavy (non-hydrogen) atoms. The van der Waals surface area contributed by atoms with E-state index in [-0.39, 0.29) is 17.8 Å². The molecule has 5 heteroatoms. The monoisotopic (exact) mass is 396 g/mol. The molecule has 4 rings (SSSR count). The predicted octanol–water partition coefficient (Wildman–Crippen LogP) is 4.12. The van der Waals surface area contributed by atoms with Crippen LogP contribution in [0.15, 0.2) is 42.5 Å². The Morgan fingerprint density at radius 3 is 2.41 bits per heavy atom. The van der Waals surface area contributed by atoms with E-state index in [0.29, 0.717) is 18.0 Å². The van der Waals surface area contributed by atoms with Gasteiger partial charge in [0.1, 0.15) is 11.6 Å². The van der Waals surface area contributed by atoms with E-state index in [0.717, 1.165) is 50.2 Å². The Labute approximate surface area is 172 Å². The van der Waals surface area contributed by atoms with E-state index in [1.807, 2.05) is 23.1 Å². The summed E-state index contributed by atoms with van der Waals surface area (Å²) < 4.78 is 19.1. The summed E-state index contributed by atoms with van der Waals surface area (Å²) in [6.07, 6.45) is 3.00. The van der Waals surface area contributed by atoms with Crippen LogP contribution in [0, 0.1) is 12.7 Å². The van der Waals surface area contributed by atoms with Crippen molar-refractivity contribution in [1.29, 1.82) is 0 Å². The molecule has 1 unspecified atom stereocenters. The minimum absolute atomic E-state index is 0.0258. The first-order valence-electron chi connectivity index (χ1n) is 10.5. The van der Waals surface area contributed by atoms with Crippen LogP contribution in [0.3, 0.4) is 0 Å². The molecule has 2 aliphatic rings. The number of aryl methyl sites for hydroxylation is 1. The van der Waals surface area contributed by atoms with Gasteiger partial charge >= 0.3 is 0 Å². The van der Waals surface area contributed by atoms with Crippen LogP contribution in [0.5, 0.6) is 5.75 Å². The van der Waals surface area contributed by atoms with Crippen LogP contribution in [-0.4, -0.2) is 48.5 Å². The molecule has 2 aromatic carbocycles. The third-order valence-electron chi connectivity index (χ3n) is 6.44. The summed E-state index contributed by atoms with van der Waals surface area (Å²) in [6, 6.07) is 13.6. The first-order chi connectivity index (χ1) is 14.0. The number of amides is 1. The molecule has 4 nitrogen and oxygen atoms in total. The lowest BCUT2D eigenvalue weighted by molar-refractivity contribution is -0.133. The molecule has 0 aromatic heterocycles. The fourth-order valence-electron chi connectivity index (χ4n) is 4.59. The number of methoxy groups -OCH3 is 1. The normalized spacial score (nSPS) is 21.0. The van der Waals surface area contributed by atoms with E-state index in [9.17, 15) is 9.18 Å². The number of hydrogen-bond acceptors (Lipinski definition) is 3. The number of piperidine rings is 1. The van der Waals surface area contributed by atoms with Crippen LogP contribution in [0.25, 0.3) is 0 Å². The molecule has 0 saturated carbocycles. The van der Waals surface area contributed by atoms with Crippen LogP contribution >= 0.6 is 0 Å². The molecule has 2 fully saturated rings. The topological polar surface area (TPSA) is 32.8 Å². The summed E-state index contributed by atoms with van der Waals surface area (Å²) in [5.74, 6) is 1.41. The highest BCUT2D eigenvalue weighted by Crippen LogP contribution is 2.32. The highest BCUT2D eigenvalue weighted by Gasteiger charge is 2.37. The number of nitrogens with zero attached hydrogens (tertiary/aromatic N) is 2. The van der Waals surface area contributed by atoms with E-state index in [1.165, 1.54) is 5.56 Å². The quantitative estimate of drug-likeness (QED) is 0.762. The Kier molecular flexibility index (Phi) is 5.86. The standard InChI is InChI=1S/C24H29FN2O2/c1-17-3-4-18(15-22(17)25)16-27-14-11-23(24(27)28)26-12-9-20(10-13-26)19-5-7-21(29-2)8-6-19/h3-8,15,20,23H,9-14,16H2,1-2H3. The number of likely N-dealkylation sites (tertiary alicyclic amines) is 2. The summed E-state index contributed by atoms with van der Waals surface area (Å²) in [7, 11) is 1.69. The average molecular weight is 397 g/mol. The molecule has 2 aliphatic heterocycles. The van der Waals surface area contributed by atoms with Gasteiger partial charge in [-0.25, -0.2) is 4.39 Å². The number of carbonyl (C=O) groups is 1. The second kappa shape index (κ2) is 8.54. The number of halogens is 1. The van der Waals surface area contributed by atoms with Crippen molar-refractivity contribution in [1.82, 2.24) is 9.80 Å². The lowest BCUT2D eigenvalue weighted by Gasteiger charge is -2.35. The molecule has 2 aromatic rings. The summed E-state index contributed by atoms with van der Waals surface area (Å²) >= 11 is 0. The molecule has 2 saturated heterocycles. The zero-order valence-electron chi connectivity index (χ0n) is 17.2. The van der Waals surface area contributed by atoms with Crippen LogP contribution in [0.1, 0.15) is 41.9 Å². The first-order valence-corrected chi connectivity index (χ1v) is 10.5. The number of hydrogen-bond donors (Lipinski definition) is 0. The number of ether oxygens (including phenoxy) is 1. The maximum absolute atomic E-state index is 13.8. The molecule has 154 valence electrons. The van der Waals surface area contributed by atoms with E-state index in [2.05, 4.69) is 17.0 Å². The Morgan fingerprint density at radius 2 is 1.76 bits per heavy atom. The Morgan fingerprint density at radius 1 is 1.03 bits per heavy atom. The number of carbonyl (C=O) groups excluding carboxylic acids is 1. The first kappa shape index (κ1) is 19.9. The summed E-state index contributed by atoms with van der Waals surface area (Å²) in [4.78, 5) is 17.2. The van der Waals surface area contributed by atoms with Crippen molar-refractivity contribution < 1.29 is 13.9 Å². The van der Waals surface area contributed by atoms with Gasteiger partial charge in [0.2, 0.25) is 5.91 Å². The molecule has 1 amide bonds. The molecule has 0 radical (unpaired) electrons. The van der Waals surface area contributed by atoms with Crippen molar-refractivity contribution in [3.8, 4) is 5.75 Å². The molecule has 0 spiro atoms. The highest BCUT2D eigenvalue weighted by molar-refractivity contribution is 5.84. The van der Waals surface area contributed by atoms with Crippen molar-refractivity contribution in [3.63, 3.8) is 0 Å². The van der Waals surface area contributed by atoms with Gasteiger partial charge in [0, 0.05) is 13.1 Å². The van der Waals surface area contributed by atoms with Crippen LogP contribution in [0.2, 0.25) is 0 Å². The minimum Gasteiger partial charge on any atom is -0.497 e. The SMILES string of the molecule is COc1ccc(C2CCN(C3CCN(Cc4ccc(C)c(F)c4)C3=O)CC2)cc1. The molecule has 2 heterocycles. The largest absolute Gasteiger partial charge is 0.497 e. The molecule has 0 N–H and O–H groups in total. The zero-order valence-corrected chi connectivity index (χ0v) is 17.2. The smallest absolute Gasteiger partial charge is 0.240 e. The van der Waals surface area contributed by atoms with Gasteiger partial charge in [-0.15, -0.1) is 0 Å². The van der Waals surface area contributed by atoms with Gasteiger partial charge in [-0.1, -0.05) is 24.3 Å². The molecule has 0 aliphatic carbocycles. The third-order valence-corrected chi connectivity index (χ3v) is 6.44. The Hall–Kier alpha value is -2.40. The van der Waals surface area contributed by atoms with E-state index >= 15 is 0 Å². The predicted molar refractivity (Wildman–Crippen MR) is 112 cm³/mol. The number of benzene rings is 2. The van der Waals surface area contributed by atoms with Gasteiger partial charge in [0.25, 0.3) is 0 Å². The zero-order chi connectivity index (χ0) is 20.4. The Bertz CT molecular complexity index is 860. The molecule has 1 atom stereocenters.